The van der Waals surface area contributed by atoms with E-state index in [-0.39, 0.29) is 16.9 Å². The van der Waals surface area contributed by atoms with Gasteiger partial charge in [0.15, 0.2) is 11.5 Å². The van der Waals surface area contributed by atoms with Crippen molar-refractivity contribution in [2.75, 3.05) is 0 Å². The Morgan fingerprint density at radius 2 is 1.69 bits per heavy atom. The van der Waals surface area contributed by atoms with E-state index >= 15 is 0 Å². The van der Waals surface area contributed by atoms with Crippen LogP contribution in [0.5, 0.6) is 11.5 Å². The minimum Gasteiger partial charge on any atom is -0.504 e. The van der Waals surface area contributed by atoms with Crippen LogP contribution in [0.15, 0.2) is 17.7 Å². The van der Waals surface area contributed by atoms with Crippen LogP contribution in [0.4, 0.5) is 0 Å². The third kappa shape index (κ3) is 2.78. The van der Waals surface area contributed by atoms with Crippen molar-refractivity contribution in [3.05, 3.63) is 28.8 Å². The van der Waals surface area contributed by atoms with E-state index in [1.165, 1.54) is 0 Å². The summed E-state index contributed by atoms with van der Waals surface area (Å²) in [5, 5.41) is 19.4. The number of phenols is 2. The molecule has 88 valence electrons. The first-order valence-corrected chi connectivity index (χ1v) is 5.43. The van der Waals surface area contributed by atoms with Gasteiger partial charge in [0, 0.05) is 5.56 Å². The number of benzene rings is 1. The topological polar surface area (TPSA) is 40.5 Å². The Hall–Kier alpha value is -1.44. The summed E-state index contributed by atoms with van der Waals surface area (Å²) in [6.45, 7) is 10.1. The number of aromatic hydroxyl groups is 2. The lowest BCUT2D eigenvalue weighted by molar-refractivity contribution is 0.400. The van der Waals surface area contributed by atoms with Gasteiger partial charge in [-0.2, -0.15) is 0 Å². The number of hydrogen-bond donors (Lipinski definition) is 2. The smallest absolute Gasteiger partial charge is 0.164 e. The van der Waals surface area contributed by atoms with Crippen LogP contribution in [0.25, 0.3) is 6.08 Å². The SMILES string of the molecule is CC(C)=Cc1cc(C(C)(C)C)cc(O)c1O. The number of rotatable bonds is 1. The van der Waals surface area contributed by atoms with Crippen molar-refractivity contribution in [1.29, 1.82) is 0 Å². The fraction of sp³-hybridized carbons (Fsp3) is 0.429. The maximum absolute atomic E-state index is 9.74. The summed E-state index contributed by atoms with van der Waals surface area (Å²) < 4.78 is 0. The molecular formula is C14H20O2. The highest BCUT2D eigenvalue weighted by molar-refractivity contribution is 5.64. The predicted molar refractivity (Wildman–Crippen MR) is 67.8 cm³/mol. The molecule has 16 heavy (non-hydrogen) atoms. The first-order chi connectivity index (χ1) is 7.21. The first kappa shape index (κ1) is 12.6. The van der Waals surface area contributed by atoms with Crippen molar-refractivity contribution in [3.63, 3.8) is 0 Å². The molecule has 0 heterocycles. The number of allylic oxidation sites excluding steroid dienone is 1. The molecule has 0 aliphatic rings. The molecule has 0 unspecified atom stereocenters. The van der Waals surface area contributed by atoms with Crippen LogP contribution < -0.4 is 0 Å². The first-order valence-electron chi connectivity index (χ1n) is 5.43. The second-order valence-corrected chi connectivity index (χ2v) is 5.40. The van der Waals surface area contributed by atoms with Crippen LogP contribution in [0.3, 0.4) is 0 Å². The molecule has 0 bridgehead atoms. The molecule has 0 aromatic heterocycles. The Morgan fingerprint density at radius 1 is 1.12 bits per heavy atom. The van der Waals surface area contributed by atoms with Crippen molar-refractivity contribution in [1.82, 2.24) is 0 Å². The molecule has 0 radical (unpaired) electrons. The predicted octanol–water partition coefficient (Wildman–Crippen LogP) is 3.82. The van der Waals surface area contributed by atoms with E-state index in [9.17, 15) is 10.2 Å². The second kappa shape index (κ2) is 4.20. The van der Waals surface area contributed by atoms with Gasteiger partial charge in [-0.1, -0.05) is 32.4 Å². The summed E-state index contributed by atoms with van der Waals surface area (Å²) in [6.07, 6.45) is 1.87. The van der Waals surface area contributed by atoms with E-state index < -0.39 is 0 Å². The minimum absolute atomic E-state index is 0.0462. The van der Waals surface area contributed by atoms with Gasteiger partial charge in [0.2, 0.25) is 0 Å². The average Bonchev–Trinajstić information content (AvgIpc) is 2.10. The third-order valence-corrected chi connectivity index (χ3v) is 2.43. The maximum Gasteiger partial charge on any atom is 0.164 e. The Morgan fingerprint density at radius 3 is 2.12 bits per heavy atom. The zero-order chi connectivity index (χ0) is 12.5. The average molecular weight is 220 g/mol. The van der Waals surface area contributed by atoms with Gasteiger partial charge < -0.3 is 10.2 Å². The van der Waals surface area contributed by atoms with Crippen LogP contribution >= 0.6 is 0 Å². The van der Waals surface area contributed by atoms with Gasteiger partial charge in [0.05, 0.1) is 0 Å². The van der Waals surface area contributed by atoms with Gasteiger partial charge in [-0.15, -0.1) is 0 Å². The fourth-order valence-corrected chi connectivity index (χ4v) is 1.50. The molecule has 0 saturated heterocycles. The van der Waals surface area contributed by atoms with Gasteiger partial charge >= 0.3 is 0 Å². The van der Waals surface area contributed by atoms with E-state index in [0.29, 0.717) is 5.56 Å². The summed E-state index contributed by atoms with van der Waals surface area (Å²) in [7, 11) is 0. The summed E-state index contributed by atoms with van der Waals surface area (Å²) >= 11 is 0. The van der Waals surface area contributed by atoms with Crippen LogP contribution in [0.1, 0.15) is 45.7 Å². The molecule has 0 spiro atoms. The van der Waals surface area contributed by atoms with Gasteiger partial charge in [0.25, 0.3) is 0 Å². The summed E-state index contributed by atoms with van der Waals surface area (Å²) in [6, 6.07) is 3.54. The molecule has 0 amide bonds. The van der Waals surface area contributed by atoms with Crippen molar-refractivity contribution in [2.24, 2.45) is 0 Å². The zero-order valence-corrected chi connectivity index (χ0v) is 10.6. The second-order valence-electron chi connectivity index (χ2n) is 5.40. The van der Waals surface area contributed by atoms with E-state index in [4.69, 9.17) is 0 Å². The van der Waals surface area contributed by atoms with Crippen LogP contribution in [-0.4, -0.2) is 10.2 Å². The summed E-state index contributed by atoms with van der Waals surface area (Å²) in [5.74, 6) is -0.103. The van der Waals surface area contributed by atoms with E-state index in [1.54, 1.807) is 6.07 Å². The number of hydrogen-bond acceptors (Lipinski definition) is 2. The van der Waals surface area contributed by atoms with Crippen molar-refractivity contribution >= 4 is 6.08 Å². The molecule has 0 fully saturated rings. The molecule has 1 aromatic rings. The quantitative estimate of drug-likeness (QED) is 0.706. The van der Waals surface area contributed by atoms with Gasteiger partial charge in [-0.3, -0.25) is 0 Å². The molecule has 2 nitrogen and oxygen atoms in total. The standard InChI is InChI=1S/C14H20O2/c1-9(2)6-10-7-11(14(3,4)5)8-12(15)13(10)16/h6-8,15-16H,1-5H3. The summed E-state index contributed by atoms with van der Waals surface area (Å²) in [4.78, 5) is 0. The molecule has 0 atom stereocenters. The van der Waals surface area contributed by atoms with Crippen molar-refractivity contribution in [3.8, 4) is 11.5 Å². The molecule has 0 aliphatic heterocycles. The highest BCUT2D eigenvalue weighted by Crippen LogP contribution is 2.36. The molecular weight excluding hydrogens is 200 g/mol. The minimum atomic E-state index is -0.0556. The lowest BCUT2D eigenvalue weighted by Crippen LogP contribution is -2.11. The third-order valence-electron chi connectivity index (χ3n) is 2.43. The molecule has 1 rings (SSSR count). The Kier molecular flexibility index (Phi) is 3.32. The lowest BCUT2D eigenvalue weighted by Gasteiger charge is -2.20. The molecule has 0 saturated carbocycles. The molecule has 1 aromatic carbocycles. The molecule has 0 aliphatic carbocycles. The molecule has 2 heteroatoms. The molecule has 2 N–H and O–H groups in total. The highest BCUT2D eigenvalue weighted by atomic mass is 16.3. The van der Waals surface area contributed by atoms with Crippen LogP contribution in [0, 0.1) is 0 Å². The van der Waals surface area contributed by atoms with Crippen LogP contribution in [0.2, 0.25) is 0 Å². The Bertz CT molecular complexity index is 419. The monoisotopic (exact) mass is 220 g/mol. The van der Waals surface area contributed by atoms with Gasteiger partial charge in [-0.05, 0) is 37.0 Å². The Balaban J connectivity index is 3.39. The largest absolute Gasteiger partial charge is 0.504 e. The fourth-order valence-electron chi connectivity index (χ4n) is 1.50. The van der Waals surface area contributed by atoms with E-state index in [0.717, 1.165) is 11.1 Å². The van der Waals surface area contributed by atoms with Crippen molar-refractivity contribution in [2.45, 2.75) is 40.0 Å². The zero-order valence-electron chi connectivity index (χ0n) is 10.6. The maximum atomic E-state index is 9.74. The lowest BCUT2D eigenvalue weighted by atomic mass is 9.85. The van der Waals surface area contributed by atoms with Crippen molar-refractivity contribution < 1.29 is 10.2 Å². The van der Waals surface area contributed by atoms with Gasteiger partial charge in [-0.25, -0.2) is 0 Å². The number of phenolic OH excluding ortho intramolecular Hbond substituents is 2. The normalized spacial score (nSPS) is 11.3. The van der Waals surface area contributed by atoms with E-state index in [2.05, 4.69) is 20.8 Å². The summed E-state index contributed by atoms with van der Waals surface area (Å²) in [5.41, 5.74) is 2.72. The van der Waals surface area contributed by atoms with Gasteiger partial charge in [0.1, 0.15) is 0 Å². The highest BCUT2D eigenvalue weighted by Gasteiger charge is 2.17. The van der Waals surface area contributed by atoms with Crippen LogP contribution in [-0.2, 0) is 5.41 Å². The Labute approximate surface area is 97.2 Å². The van der Waals surface area contributed by atoms with E-state index in [1.807, 2.05) is 26.0 Å².